The van der Waals surface area contributed by atoms with Crippen LogP contribution in [-0.4, -0.2) is 4.51 Å². The SMILES string of the molecule is O=P(O)(Oc1ccccc1)OC(I)(I)I. The van der Waals surface area contributed by atoms with Crippen molar-refractivity contribution in [3.8, 4) is 5.75 Å². The number of phosphoric acid groups is 1. The molecule has 0 spiro atoms. The Morgan fingerprint density at radius 2 is 1.73 bits per heavy atom. The Morgan fingerprint density at radius 1 is 1.20 bits per heavy atom. The molecule has 0 aliphatic heterocycles. The van der Waals surface area contributed by atoms with Crippen LogP contribution in [0.4, 0.5) is 0 Å². The van der Waals surface area contributed by atoms with E-state index in [-0.39, 0.29) is 0 Å². The van der Waals surface area contributed by atoms with Gasteiger partial charge in [-0.2, -0.15) is 0 Å². The van der Waals surface area contributed by atoms with E-state index in [1.165, 1.54) is 0 Å². The second-order valence-electron chi connectivity index (χ2n) is 2.41. The normalized spacial score (nSPS) is 15.7. The predicted octanol–water partition coefficient (Wildman–Crippen LogP) is 4.10. The van der Waals surface area contributed by atoms with Crippen molar-refractivity contribution in [1.82, 2.24) is 0 Å². The fourth-order valence-electron chi connectivity index (χ4n) is 0.764. The van der Waals surface area contributed by atoms with Gasteiger partial charge in [0.25, 0.3) is 0 Å². The number of phosphoric ester groups is 1. The molecule has 0 amide bonds. The smallest absolute Gasteiger partial charge is 0.404 e. The Hall–Kier alpha value is 1.36. The summed E-state index contributed by atoms with van der Waals surface area (Å²) in [6, 6.07) is 8.37. The summed E-state index contributed by atoms with van der Waals surface area (Å²) in [6.07, 6.45) is 0. The van der Waals surface area contributed by atoms with Gasteiger partial charge in [-0.3, -0.25) is 4.89 Å². The Kier molecular flexibility index (Phi) is 5.58. The van der Waals surface area contributed by atoms with Crippen molar-refractivity contribution in [3.05, 3.63) is 30.3 Å². The highest BCUT2D eigenvalue weighted by atomic mass is 127. The lowest BCUT2D eigenvalue weighted by molar-refractivity contribution is 0.228. The first kappa shape index (κ1) is 14.4. The van der Waals surface area contributed by atoms with Crippen molar-refractivity contribution in [1.29, 1.82) is 0 Å². The van der Waals surface area contributed by atoms with Crippen LogP contribution in [0.15, 0.2) is 30.3 Å². The van der Waals surface area contributed by atoms with E-state index < -0.39 is 7.44 Å². The molecule has 0 aromatic heterocycles. The largest absolute Gasteiger partial charge is 0.530 e. The van der Waals surface area contributed by atoms with Gasteiger partial charge in [0.2, 0.25) is -0.379 Å². The first-order chi connectivity index (χ1) is 6.79. The molecule has 1 unspecified atom stereocenters. The molecular formula is C7H6I3O4P. The number of hydrogen-bond donors (Lipinski definition) is 1. The molecule has 84 valence electrons. The van der Waals surface area contributed by atoms with Gasteiger partial charge in [-0.1, -0.05) is 18.2 Å². The third-order valence-corrected chi connectivity index (χ3v) is 3.83. The summed E-state index contributed by atoms with van der Waals surface area (Å²) < 4.78 is 20.4. The van der Waals surface area contributed by atoms with Crippen LogP contribution in [0, 0.1) is 0 Å². The van der Waals surface area contributed by atoms with Gasteiger partial charge in [0, 0.05) is 0 Å². The van der Waals surface area contributed by atoms with Crippen molar-refractivity contribution in [2.45, 2.75) is -0.379 Å². The van der Waals surface area contributed by atoms with Gasteiger partial charge < -0.3 is 4.52 Å². The van der Waals surface area contributed by atoms with E-state index in [1.807, 2.05) is 67.8 Å². The fraction of sp³-hybridized carbons (Fsp3) is 0.143. The third kappa shape index (κ3) is 6.61. The Balaban J connectivity index is 2.69. The van der Waals surface area contributed by atoms with Gasteiger partial charge in [0.05, 0.1) is 0 Å². The molecule has 0 heterocycles. The molecule has 0 radical (unpaired) electrons. The number of halogens is 3. The van der Waals surface area contributed by atoms with Crippen LogP contribution in [-0.2, 0) is 9.09 Å². The zero-order chi connectivity index (χ0) is 11.5. The van der Waals surface area contributed by atoms with Gasteiger partial charge in [0.15, 0.2) is 0 Å². The predicted molar refractivity (Wildman–Crippen MR) is 82.8 cm³/mol. The maximum absolute atomic E-state index is 11.5. The molecule has 15 heavy (non-hydrogen) atoms. The molecule has 8 heteroatoms. The number of rotatable bonds is 4. The summed E-state index contributed by atoms with van der Waals surface area (Å²) in [4.78, 5) is 9.40. The lowest BCUT2D eigenvalue weighted by Crippen LogP contribution is -2.07. The quantitative estimate of drug-likeness (QED) is 0.339. The first-order valence-corrected chi connectivity index (χ1v) is 8.37. The molecule has 1 rings (SSSR count). The Morgan fingerprint density at radius 3 is 2.20 bits per heavy atom. The molecule has 4 nitrogen and oxygen atoms in total. The lowest BCUT2D eigenvalue weighted by atomic mass is 10.3. The summed E-state index contributed by atoms with van der Waals surface area (Å²) in [6.45, 7) is 0. The van der Waals surface area contributed by atoms with E-state index in [4.69, 9.17) is 9.05 Å². The highest BCUT2D eigenvalue weighted by Crippen LogP contribution is 2.54. The monoisotopic (exact) mass is 566 g/mol. The zero-order valence-electron chi connectivity index (χ0n) is 7.14. The number of para-hydroxylation sites is 1. The van der Waals surface area contributed by atoms with E-state index in [1.54, 1.807) is 30.3 Å². The van der Waals surface area contributed by atoms with Crippen molar-refractivity contribution in [3.63, 3.8) is 0 Å². The molecule has 0 bridgehead atoms. The molecular weight excluding hydrogens is 560 g/mol. The van der Waals surface area contributed by atoms with E-state index in [2.05, 4.69) is 0 Å². The zero-order valence-corrected chi connectivity index (χ0v) is 14.5. The average Bonchev–Trinajstić information content (AvgIpc) is 1.99. The van der Waals surface area contributed by atoms with Gasteiger partial charge in [-0.15, -0.1) is 0 Å². The maximum atomic E-state index is 11.5. The van der Waals surface area contributed by atoms with Crippen LogP contribution in [0.25, 0.3) is 0 Å². The van der Waals surface area contributed by atoms with Crippen LogP contribution in [0.3, 0.4) is 0 Å². The molecule has 1 aromatic carbocycles. The molecule has 1 atom stereocenters. The third-order valence-electron chi connectivity index (χ3n) is 1.18. The highest BCUT2D eigenvalue weighted by molar-refractivity contribution is 14.3. The van der Waals surface area contributed by atoms with Crippen LogP contribution < -0.4 is 4.52 Å². The molecule has 0 aliphatic carbocycles. The highest BCUT2D eigenvalue weighted by Gasteiger charge is 2.34. The standard InChI is InChI=1S/C7H6I3O4P/c8-7(9,10)14-15(11,12)13-6-4-2-1-3-5-6/h1-5H,(H,11,12). The Bertz CT molecular complexity index is 364. The molecule has 0 saturated carbocycles. The number of benzene rings is 1. The van der Waals surface area contributed by atoms with Gasteiger partial charge >= 0.3 is 7.82 Å². The second kappa shape index (κ2) is 5.80. The van der Waals surface area contributed by atoms with Crippen molar-refractivity contribution < 1.29 is 18.5 Å². The minimum atomic E-state index is -4.06. The van der Waals surface area contributed by atoms with E-state index in [0.29, 0.717) is 5.75 Å². The van der Waals surface area contributed by atoms with Crippen molar-refractivity contribution >= 4 is 75.6 Å². The summed E-state index contributed by atoms with van der Waals surface area (Å²) >= 11 is 5.65. The van der Waals surface area contributed by atoms with Crippen LogP contribution >= 0.6 is 75.6 Å². The van der Waals surface area contributed by atoms with E-state index in [0.717, 1.165) is 0 Å². The summed E-state index contributed by atoms with van der Waals surface area (Å²) in [5, 5.41) is 0. The lowest BCUT2D eigenvalue weighted by Gasteiger charge is -2.18. The Labute approximate surface area is 128 Å². The molecule has 0 saturated heterocycles. The summed E-state index contributed by atoms with van der Waals surface area (Å²) in [5.74, 6) is 0.303. The molecule has 0 fully saturated rings. The maximum Gasteiger partial charge on any atom is 0.530 e. The average molecular weight is 566 g/mol. The fourth-order valence-corrected chi connectivity index (χ4v) is 3.69. The van der Waals surface area contributed by atoms with Gasteiger partial charge in [-0.25, -0.2) is 9.09 Å². The van der Waals surface area contributed by atoms with E-state index >= 15 is 0 Å². The summed E-state index contributed by atoms with van der Waals surface area (Å²) in [5.41, 5.74) is 0. The minimum absolute atomic E-state index is 0.303. The topological polar surface area (TPSA) is 55.8 Å². The van der Waals surface area contributed by atoms with Crippen LogP contribution in [0.1, 0.15) is 0 Å². The molecule has 0 aliphatic rings. The summed E-state index contributed by atoms with van der Waals surface area (Å²) in [7, 11) is -4.06. The second-order valence-corrected chi connectivity index (χ2v) is 14.5. The number of hydrogen-bond acceptors (Lipinski definition) is 3. The first-order valence-electron chi connectivity index (χ1n) is 3.63. The van der Waals surface area contributed by atoms with Crippen molar-refractivity contribution in [2.75, 3.05) is 0 Å². The van der Waals surface area contributed by atoms with Gasteiger partial charge in [-0.05, 0) is 79.9 Å². The minimum Gasteiger partial charge on any atom is -0.404 e. The van der Waals surface area contributed by atoms with Crippen LogP contribution in [0.5, 0.6) is 5.75 Å². The van der Waals surface area contributed by atoms with Gasteiger partial charge in [0.1, 0.15) is 5.75 Å². The number of alkyl halides is 3. The van der Waals surface area contributed by atoms with E-state index in [9.17, 15) is 9.46 Å². The van der Waals surface area contributed by atoms with Crippen LogP contribution in [0.2, 0.25) is 0 Å². The van der Waals surface area contributed by atoms with Crippen molar-refractivity contribution in [2.24, 2.45) is 0 Å². The molecule has 1 aromatic rings. The molecule has 1 N–H and O–H groups in total.